The van der Waals surface area contributed by atoms with Gasteiger partial charge in [0, 0.05) is 12.7 Å². The number of nitrogens with two attached hydrogens (primary N) is 1. The van der Waals surface area contributed by atoms with Crippen LogP contribution in [0, 0.1) is 13.8 Å². The Bertz CT molecular complexity index is 399. The zero-order valence-electron chi connectivity index (χ0n) is 10.2. The monoisotopic (exact) mass is 217 g/mol. The van der Waals surface area contributed by atoms with E-state index in [-0.39, 0.29) is 0 Å². The van der Waals surface area contributed by atoms with E-state index in [0.717, 1.165) is 5.69 Å². The average Bonchev–Trinajstić information content (AvgIpc) is 2.99. The van der Waals surface area contributed by atoms with Gasteiger partial charge in [-0.3, -0.25) is 0 Å². The van der Waals surface area contributed by atoms with Gasteiger partial charge in [-0.1, -0.05) is 6.07 Å². The normalized spacial score (nSPS) is 16.3. The van der Waals surface area contributed by atoms with E-state index >= 15 is 0 Å². The highest BCUT2D eigenvalue weighted by atomic mass is 15.2. The molecule has 0 unspecified atom stereocenters. The van der Waals surface area contributed by atoms with Crippen LogP contribution in [-0.2, 0) is 0 Å². The van der Waals surface area contributed by atoms with Crippen LogP contribution in [-0.4, -0.2) is 19.0 Å². The van der Waals surface area contributed by atoms with Crippen LogP contribution in [0.25, 0.3) is 0 Å². The molecule has 2 N–H and O–H groups in total. The number of hydrogen-bond donors (Lipinski definition) is 1. The third-order valence-corrected chi connectivity index (χ3v) is 2.80. The molecule has 0 atom stereocenters. The number of rotatable bonds is 2. The number of hydrogen-bond acceptors (Lipinski definition) is 1. The standard InChI is InChI=1S/C13H19N3/c1-9-6-10(2)8-12(7-9)16(3)13(14)15-11-4-5-11/h6-8,11H,4-5H2,1-3H3,(H2,14,15). The van der Waals surface area contributed by atoms with Crippen molar-refractivity contribution in [2.24, 2.45) is 10.7 Å². The lowest BCUT2D eigenvalue weighted by Gasteiger charge is -2.19. The number of guanidine groups is 1. The number of benzene rings is 1. The van der Waals surface area contributed by atoms with Crippen molar-refractivity contribution in [3.05, 3.63) is 29.3 Å². The van der Waals surface area contributed by atoms with Crippen LogP contribution in [0.2, 0.25) is 0 Å². The average molecular weight is 217 g/mol. The quantitative estimate of drug-likeness (QED) is 0.609. The summed E-state index contributed by atoms with van der Waals surface area (Å²) >= 11 is 0. The summed E-state index contributed by atoms with van der Waals surface area (Å²) in [6.45, 7) is 4.19. The maximum absolute atomic E-state index is 5.97. The summed E-state index contributed by atoms with van der Waals surface area (Å²) in [4.78, 5) is 6.40. The van der Waals surface area contributed by atoms with Crippen molar-refractivity contribution in [3.8, 4) is 0 Å². The molecule has 1 saturated carbocycles. The fourth-order valence-corrected chi connectivity index (χ4v) is 1.75. The molecule has 0 spiro atoms. The summed E-state index contributed by atoms with van der Waals surface area (Å²) in [5, 5.41) is 0. The molecule has 1 aromatic rings. The lowest BCUT2D eigenvalue weighted by atomic mass is 10.1. The molecule has 1 aliphatic rings. The van der Waals surface area contributed by atoms with Crippen molar-refractivity contribution < 1.29 is 0 Å². The summed E-state index contributed by atoms with van der Waals surface area (Å²) in [7, 11) is 1.97. The summed E-state index contributed by atoms with van der Waals surface area (Å²) in [6, 6.07) is 6.88. The SMILES string of the molecule is Cc1cc(C)cc(N(C)C(N)=NC2CC2)c1. The van der Waals surface area contributed by atoms with Gasteiger partial charge in [-0.05, 0) is 49.9 Å². The number of nitrogens with zero attached hydrogens (tertiary/aromatic N) is 2. The maximum atomic E-state index is 5.97. The van der Waals surface area contributed by atoms with E-state index in [9.17, 15) is 0 Å². The third-order valence-electron chi connectivity index (χ3n) is 2.80. The summed E-state index contributed by atoms with van der Waals surface area (Å²) in [6.07, 6.45) is 2.36. The van der Waals surface area contributed by atoms with Crippen molar-refractivity contribution in [1.82, 2.24) is 0 Å². The van der Waals surface area contributed by atoms with Gasteiger partial charge < -0.3 is 10.6 Å². The van der Waals surface area contributed by atoms with Crippen LogP contribution in [0.4, 0.5) is 5.69 Å². The molecule has 0 saturated heterocycles. The van der Waals surface area contributed by atoms with E-state index in [2.05, 4.69) is 37.0 Å². The van der Waals surface area contributed by atoms with Gasteiger partial charge in [0.1, 0.15) is 0 Å². The van der Waals surface area contributed by atoms with Gasteiger partial charge in [-0.25, -0.2) is 4.99 Å². The van der Waals surface area contributed by atoms with Crippen LogP contribution in [0.5, 0.6) is 0 Å². The van der Waals surface area contributed by atoms with Crippen LogP contribution in [0.3, 0.4) is 0 Å². The van der Waals surface area contributed by atoms with Gasteiger partial charge in [-0.15, -0.1) is 0 Å². The zero-order chi connectivity index (χ0) is 11.7. The van der Waals surface area contributed by atoms with Gasteiger partial charge in [0.2, 0.25) is 0 Å². The fraction of sp³-hybridized carbons (Fsp3) is 0.462. The van der Waals surface area contributed by atoms with Crippen LogP contribution in [0.1, 0.15) is 24.0 Å². The molecule has 0 bridgehead atoms. The predicted octanol–water partition coefficient (Wildman–Crippen LogP) is 2.22. The van der Waals surface area contributed by atoms with Crippen LogP contribution in [0.15, 0.2) is 23.2 Å². The smallest absolute Gasteiger partial charge is 0.195 e. The van der Waals surface area contributed by atoms with Gasteiger partial charge >= 0.3 is 0 Å². The molecule has 1 aromatic carbocycles. The van der Waals surface area contributed by atoms with E-state index in [1.165, 1.54) is 24.0 Å². The van der Waals surface area contributed by atoms with E-state index in [0.29, 0.717) is 12.0 Å². The Balaban J connectivity index is 2.21. The molecular formula is C13H19N3. The lowest BCUT2D eigenvalue weighted by Crippen LogP contribution is -2.34. The van der Waals surface area contributed by atoms with Gasteiger partial charge in [0.25, 0.3) is 0 Å². The molecule has 0 aromatic heterocycles. The van der Waals surface area contributed by atoms with Gasteiger partial charge in [0.15, 0.2) is 5.96 Å². The van der Waals surface area contributed by atoms with Gasteiger partial charge in [0.05, 0.1) is 6.04 Å². The number of aliphatic imine (C=N–C) groups is 1. The zero-order valence-corrected chi connectivity index (χ0v) is 10.2. The molecule has 16 heavy (non-hydrogen) atoms. The Hall–Kier alpha value is -1.51. The molecule has 0 radical (unpaired) electrons. The number of aryl methyl sites for hydroxylation is 2. The maximum Gasteiger partial charge on any atom is 0.195 e. The molecule has 0 aliphatic heterocycles. The first kappa shape index (κ1) is 11.0. The largest absolute Gasteiger partial charge is 0.370 e. The third kappa shape index (κ3) is 2.54. The molecule has 1 aliphatic carbocycles. The molecular weight excluding hydrogens is 198 g/mol. The first-order valence-corrected chi connectivity index (χ1v) is 5.71. The Kier molecular flexibility index (Phi) is 2.86. The highest BCUT2D eigenvalue weighted by Gasteiger charge is 2.21. The second kappa shape index (κ2) is 4.16. The Morgan fingerprint density at radius 2 is 1.81 bits per heavy atom. The summed E-state index contributed by atoms with van der Waals surface area (Å²) in [5.74, 6) is 0.618. The Morgan fingerprint density at radius 3 is 2.31 bits per heavy atom. The molecule has 3 heteroatoms. The van der Waals surface area contributed by atoms with Crippen molar-refractivity contribution in [2.75, 3.05) is 11.9 Å². The fourth-order valence-electron chi connectivity index (χ4n) is 1.75. The lowest BCUT2D eigenvalue weighted by molar-refractivity contribution is 1.03. The predicted molar refractivity (Wildman–Crippen MR) is 69.0 cm³/mol. The molecule has 1 fully saturated rings. The summed E-state index contributed by atoms with van der Waals surface area (Å²) < 4.78 is 0. The molecule has 2 rings (SSSR count). The Labute approximate surface area is 97.0 Å². The first-order chi connectivity index (χ1) is 7.56. The molecule has 0 heterocycles. The van der Waals surface area contributed by atoms with Crippen LogP contribution >= 0.6 is 0 Å². The van der Waals surface area contributed by atoms with Crippen molar-refractivity contribution in [1.29, 1.82) is 0 Å². The van der Waals surface area contributed by atoms with Crippen molar-refractivity contribution >= 4 is 11.6 Å². The van der Waals surface area contributed by atoms with E-state index < -0.39 is 0 Å². The van der Waals surface area contributed by atoms with E-state index in [4.69, 9.17) is 5.73 Å². The van der Waals surface area contributed by atoms with Crippen molar-refractivity contribution in [3.63, 3.8) is 0 Å². The molecule has 3 nitrogen and oxygen atoms in total. The second-order valence-corrected chi connectivity index (χ2v) is 4.62. The molecule has 0 amide bonds. The van der Waals surface area contributed by atoms with Crippen molar-refractivity contribution in [2.45, 2.75) is 32.7 Å². The summed E-state index contributed by atoms with van der Waals surface area (Å²) in [5.41, 5.74) is 9.58. The van der Waals surface area contributed by atoms with Gasteiger partial charge in [-0.2, -0.15) is 0 Å². The minimum atomic E-state index is 0.466. The minimum Gasteiger partial charge on any atom is -0.370 e. The number of anilines is 1. The van der Waals surface area contributed by atoms with Crippen LogP contribution < -0.4 is 10.6 Å². The van der Waals surface area contributed by atoms with E-state index in [1.807, 2.05) is 11.9 Å². The molecule has 86 valence electrons. The minimum absolute atomic E-state index is 0.466. The highest BCUT2D eigenvalue weighted by Crippen LogP contribution is 2.24. The second-order valence-electron chi connectivity index (χ2n) is 4.62. The first-order valence-electron chi connectivity index (χ1n) is 5.71. The highest BCUT2D eigenvalue weighted by molar-refractivity contribution is 5.94. The topological polar surface area (TPSA) is 41.6 Å². The van der Waals surface area contributed by atoms with E-state index in [1.54, 1.807) is 0 Å². The Morgan fingerprint density at radius 1 is 1.25 bits per heavy atom.